The first-order chi connectivity index (χ1) is 9.06. The molecule has 1 aliphatic carbocycles. The van der Waals surface area contributed by atoms with Crippen molar-refractivity contribution >= 4 is 5.91 Å². The van der Waals surface area contributed by atoms with Gasteiger partial charge in [0.1, 0.15) is 0 Å². The molecule has 1 aromatic carbocycles. The number of nitrogens with zero attached hydrogens (tertiary/aromatic N) is 1. The summed E-state index contributed by atoms with van der Waals surface area (Å²) in [6.45, 7) is 5.71. The highest BCUT2D eigenvalue weighted by molar-refractivity contribution is 5.76. The van der Waals surface area contributed by atoms with Gasteiger partial charge < -0.3 is 10.2 Å². The Labute approximate surface area is 116 Å². The number of carbonyl (C=O) groups excluding carboxylic acids is 1. The first kappa shape index (κ1) is 14.1. The lowest BCUT2D eigenvalue weighted by atomic mass is 10.1. The Morgan fingerprint density at radius 2 is 2.11 bits per heavy atom. The summed E-state index contributed by atoms with van der Waals surface area (Å²) in [5, 5.41) is 3.38. The number of hydrogen-bond donors (Lipinski definition) is 1. The van der Waals surface area contributed by atoms with E-state index < -0.39 is 0 Å². The number of hydrogen-bond acceptors (Lipinski definition) is 2. The zero-order chi connectivity index (χ0) is 13.8. The molecule has 0 heterocycles. The van der Waals surface area contributed by atoms with E-state index in [-0.39, 0.29) is 5.91 Å². The molecular weight excluding hydrogens is 236 g/mol. The van der Waals surface area contributed by atoms with Gasteiger partial charge >= 0.3 is 0 Å². The van der Waals surface area contributed by atoms with Gasteiger partial charge in [-0.15, -0.1) is 0 Å². The van der Waals surface area contributed by atoms with Gasteiger partial charge in [0.05, 0.1) is 0 Å². The second kappa shape index (κ2) is 6.20. The fourth-order valence-corrected chi connectivity index (χ4v) is 2.23. The summed E-state index contributed by atoms with van der Waals surface area (Å²) >= 11 is 0. The largest absolute Gasteiger partial charge is 0.341 e. The molecule has 0 spiro atoms. The second-order valence-electron chi connectivity index (χ2n) is 5.66. The van der Waals surface area contributed by atoms with Crippen molar-refractivity contribution < 1.29 is 4.79 Å². The Morgan fingerprint density at radius 3 is 2.74 bits per heavy atom. The molecule has 0 atom stereocenters. The molecule has 0 unspecified atom stereocenters. The highest BCUT2D eigenvalue weighted by atomic mass is 16.2. The highest BCUT2D eigenvalue weighted by Crippen LogP contribution is 2.18. The lowest BCUT2D eigenvalue weighted by Crippen LogP contribution is -2.30. The fourth-order valence-electron chi connectivity index (χ4n) is 2.23. The van der Waals surface area contributed by atoms with Crippen molar-refractivity contribution in [1.29, 1.82) is 0 Å². The summed E-state index contributed by atoms with van der Waals surface area (Å²) < 4.78 is 0. The third-order valence-corrected chi connectivity index (χ3v) is 3.68. The van der Waals surface area contributed by atoms with E-state index in [2.05, 4.69) is 37.4 Å². The number of benzene rings is 1. The van der Waals surface area contributed by atoms with Crippen LogP contribution in [0, 0.1) is 13.8 Å². The Hall–Kier alpha value is -1.35. The zero-order valence-corrected chi connectivity index (χ0v) is 12.2. The number of rotatable bonds is 6. The number of amides is 1. The van der Waals surface area contributed by atoms with E-state index in [0.717, 1.165) is 6.54 Å². The van der Waals surface area contributed by atoms with E-state index in [4.69, 9.17) is 0 Å². The Morgan fingerprint density at radius 1 is 1.37 bits per heavy atom. The lowest BCUT2D eigenvalue weighted by Gasteiger charge is -2.19. The summed E-state index contributed by atoms with van der Waals surface area (Å²) in [4.78, 5) is 13.8. The number of nitrogens with one attached hydrogen (secondary N) is 1. The van der Waals surface area contributed by atoms with Crippen LogP contribution in [0.1, 0.15) is 36.0 Å². The van der Waals surface area contributed by atoms with E-state index in [1.165, 1.54) is 29.5 Å². The van der Waals surface area contributed by atoms with Crippen molar-refractivity contribution in [2.24, 2.45) is 0 Å². The molecule has 1 aromatic rings. The molecule has 0 aliphatic heterocycles. The standard InChI is InChI=1S/C16H24N2O/c1-12-4-5-14(13(2)10-12)11-18(3)16(19)8-9-17-15-6-7-15/h4-5,10,15,17H,6-9,11H2,1-3H3. The van der Waals surface area contributed by atoms with Crippen LogP contribution in [0.4, 0.5) is 0 Å². The molecule has 0 bridgehead atoms. The average molecular weight is 260 g/mol. The molecule has 0 saturated heterocycles. The summed E-state index contributed by atoms with van der Waals surface area (Å²) in [5.41, 5.74) is 3.76. The lowest BCUT2D eigenvalue weighted by molar-refractivity contribution is -0.130. The highest BCUT2D eigenvalue weighted by Gasteiger charge is 2.20. The Bertz CT molecular complexity index is 452. The molecule has 0 radical (unpaired) electrons. The van der Waals surface area contributed by atoms with Crippen molar-refractivity contribution in [3.05, 3.63) is 34.9 Å². The van der Waals surface area contributed by atoms with Crippen LogP contribution in [0.3, 0.4) is 0 Å². The summed E-state index contributed by atoms with van der Waals surface area (Å²) in [6.07, 6.45) is 3.14. The van der Waals surface area contributed by atoms with Crippen LogP contribution in [0.25, 0.3) is 0 Å². The van der Waals surface area contributed by atoms with Crippen LogP contribution in [0.2, 0.25) is 0 Å². The van der Waals surface area contributed by atoms with Crippen LogP contribution in [0.15, 0.2) is 18.2 Å². The van der Waals surface area contributed by atoms with Crippen molar-refractivity contribution in [1.82, 2.24) is 10.2 Å². The summed E-state index contributed by atoms with van der Waals surface area (Å²) in [5.74, 6) is 0.216. The van der Waals surface area contributed by atoms with Gasteiger partial charge in [-0.05, 0) is 37.8 Å². The molecule has 0 aromatic heterocycles. The van der Waals surface area contributed by atoms with Crippen molar-refractivity contribution in [3.8, 4) is 0 Å². The van der Waals surface area contributed by atoms with Crippen molar-refractivity contribution in [2.75, 3.05) is 13.6 Å². The fraction of sp³-hybridized carbons (Fsp3) is 0.562. The minimum absolute atomic E-state index is 0.216. The molecule has 19 heavy (non-hydrogen) atoms. The smallest absolute Gasteiger partial charge is 0.223 e. The molecule has 1 aliphatic rings. The van der Waals surface area contributed by atoms with Crippen LogP contribution in [-0.4, -0.2) is 30.4 Å². The van der Waals surface area contributed by atoms with Gasteiger partial charge in [0.2, 0.25) is 5.91 Å². The van der Waals surface area contributed by atoms with E-state index in [9.17, 15) is 4.79 Å². The van der Waals surface area contributed by atoms with Crippen LogP contribution < -0.4 is 5.32 Å². The van der Waals surface area contributed by atoms with Crippen molar-refractivity contribution in [3.63, 3.8) is 0 Å². The molecule has 1 amide bonds. The van der Waals surface area contributed by atoms with Crippen molar-refractivity contribution in [2.45, 2.75) is 45.7 Å². The minimum atomic E-state index is 0.216. The first-order valence-electron chi connectivity index (χ1n) is 7.10. The van der Waals surface area contributed by atoms with Gasteiger partial charge in [-0.3, -0.25) is 4.79 Å². The molecule has 1 N–H and O–H groups in total. The predicted octanol–water partition coefficient (Wildman–Crippen LogP) is 2.40. The van der Waals surface area contributed by atoms with Gasteiger partial charge in [0.15, 0.2) is 0 Å². The Kier molecular flexibility index (Phi) is 4.59. The third-order valence-electron chi connectivity index (χ3n) is 3.68. The quantitative estimate of drug-likeness (QED) is 0.852. The monoisotopic (exact) mass is 260 g/mol. The van der Waals surface area contributed by atoms with Gasteiger partial charge in [-0.1, -0.05) is 23.8 Å². The van der Waals surface area contributed by atoms with E-state index in [0.29, 0.717) is 19.0 Å². The van der Waals surface area contributed by atoms with Crippen LogP contribution in [-0.2, 0) is 11.3 Å². The minimum Gasteiger partial charge on any atom is -0.341 e. The molecule has 2 rings (SSSR count). The SMILES string of the molecule is Cc1ccc(CN(C)C(=O)CCNC2CC2)c(C)c1. The molecule has 1 fully saturated rings. The van der Waals surface area contributed by atoms with Gasteiger partial charge in [-0.25, -0.2) is 0 Å². The Balaban J connectivity index is 1.81. The molecule has 3 nitrogen and oxygen atoms in total. The maximum Gasteiger partial charge on any atom is 0.223 e. The predicted molar refractivity (Wildman–Crippen MR) is 78.0 cm³/mol. The molecule has 3 heteroatoms. The van der Waals surface area contributed by atoms with Crippen LogP contribution >= 0.6 is 0 Å². The van der Waals surface area contributed by atoms with Crippen LogP contribution in [0.5, 0.6) is 0 Å². The van der Waals surface area contributed by atoms with Gasteiger partial charge in [0, 0.05) is 32.6 Å². The van der Waals surface area contributed by atoms with Gasteiger partial charge in [0.25, 0.3) is 0 Å². The molecule has 104 valence electrons. The van der Waals surface area contributed by atoms with Gasteiger partial charge in [-0.2, -0.15) is 0 Å². The van der Waals surface area contributed by atoms with E-state index in [1.807, 2.05) is 11.9 Å². The first-order valence-corrected chi connectivity index (χ1v) is 7.10. The summed E-state index contributed by atoms with van der Waals surface area (Å²) in [6, 6.07) is 7.08. The maximum absolute atomic E-state index is 12.0. The van der Waals surface area contributed by atoms with E-state index in [1.54, 1.807) is 0 Å². The van der Waals surface area contributed by atoms with E-state index >= 15 is 0 Å². The maximum atomic E-state index is 12.0. The normalized spacial score (nSPS) is 14.5. The molecule has 1 saturated carbocycles. The average Bonchev–Trinajstić information content (AvgIpc) is 3.16. The summed E-state index contributed by atoms with van der Waals surface area (Å²) in [7, 11) is 1.89. The molecular formula is C16H24N2O. The number of aryl methyl sites for hydroxylation is 2. The second-order valence-corrected chi connectivity index (χ2v) is 5.66. The topological polar surface area (TPSA) is 32.3 Å². The number of carbonyl (C=O) groups is 1. The third kappa shape index (κ3) is 4.35. The zero-order valence-electron chi connectivity index (χ0n) is 12.2.